The van der Waals surface area contributed by atoms with Crippen LogP contribution in [0.4, 0.5) is 0 Å². The molecule has 92 valence electrons. The summed E-state index contributed by atoms with van der Waals surface area (Å²) in [6.07, 6.45) is 1.67. The lowest BCUT2D eigenvalue weighted by atomic mass is 9.85. The fraction of sp³-hybridized carbons (Fsp3) is 0.118. The van der Waals surface area contributed by atoms with Gasteiger partial charge < -0.3 is 4.42 Å². The number of aryl methyl sites for hydroxylation is 1. The van der Waals surface area contributed by atoms with Crippen molar-refractivity contribution in [1.29, 1.82) is 0 Å². The van der Waals surface area contributed by atoms with Crippen LogP contribution in [0.5, 0.6) is 0 Å². The minimum absolute atomic E-state index is 0.191. The van der Waals surface area contributed by atoms with Gasteiger partial charge in [-0.1, -0.05) is 42.5 Å². The first-order valence-corrected chi connectivity index (χ1v) is 6.47. The topological polar surface area (TPSA) is 30.2 Å². The molecule has 1 aliphatic rings. The predicted octanol–water partition coefficient (Wildman–Crippen LogP) is 3.56. The average molecular weight is 248 g/mol. The second kappa shape index (κ2) is 3.82. The van der Waals surface area contributed by atoms with Crippen molar-refractivity contribution in [2.75, 3.05) is 0 Å². The summed E-state index contributed by atoms with van der Waals surface area (Å²) >= 11 is 0. The zero-order chi connectivity index (χ0) is 12.8. The SMILES string of the molecule is O=c1oc2ccccc2c2c1CCc1ccccc1-2. The average Bonchev–Trinajstić information content (AvgIpc) is 2.47. The van der Waals surface area contributed by atoms with Gasteiger partial charge in [-0.25, -0.2) is 4.79 Å². The van der Waals surface area contributed by atoms with Crippen molar-refractivity contribution in [3.8, 4) is 11.1 Å². The largest absolute Gasteiger partial charge is 0.422 e. The Labute approximate surface area is 110 Å². The van der Waals surface area contributed by atoms with E-state index < -0.39 is 0 Å². The zero-order valence-corrected chi connectivity index (χ0v) is 10.3. The van der Waals surface area contributed by atoms with E-state index in [2.05, 4.69) is 18.2 Å². The molecule has 1 aliphatic carbocycles. The van der Waals surface area contributed by atoms with Crippen LogP contribution in [0.3, 0.4) is 0 Å². The van der Waals surface area contributed by atoms with Crippen molar-refractivity contribution in [1.82, 2.24) is 0 Å². The highest BCUT2D eigenvalue weighted by Crippen LogP contribution is 2.36. The molecule has 0 fully saturated rings. The van der Waals surface area contributed by atoms with Crippen LogP contribution in [0.25, 0.3) is 22.1 Å². The van der Waals surface area contributed by atoms with Gasteiger partial charge in [0, 0.05) is 16.5 Å². The van der Waals surface area contributed by atoms with Gasteiger partial charge in [0.25, 0.3) is 0 Å². The van der Waals surface area contributed by atoms with Gasteiger partial charge in [-0.3, -0.25) is 0 Å². The van der Waals surface area contributed by atoms with Gasteiger partial charge in [0.2, 0.25) is 0 Å². The molecule has 1 aromatic heterocycles. The van der Waals surface area contributed by atoms with Gasteiger partial charge in [-0.15, -0.1) is 0 Å². The van der Waals surface area contributed by atoms with E-state index in [1.165, 1.54) is 11.1 Å². The molecule has 0 N–H and O–H groups in total. The molecule has 4 rings (SSSR count). The van der Waals surface area contributed by atoms with Gasteiger partial charge >= 0.3 is 5.63 Å². The van der Waals surface area contributed by atoms with E-state index in [9.17, 15) is 4.79 Å². The van der Waals surface area contributed by atoms with Crippen molar-refractivity contribution in [2.24, 2.45) is 0 Å². The van der Waals surface area contributed by atoms with Crippen LogP contribution < -0.4 is 5.63 Å². The summed E-state index contributed by atoms with van der Waals surface area (Å²) in [4.78, 5) is 12.1. The van der Waals surface area contributed by atoms with Crippen LogP contribution in [0.1, 0.15) is 11.1 Å². The smallest absolute Gasteiger partial charge is 0.340 e. The van der Waals surface area contributed by atoms with Crippen LogP contribution in [0.2, 0.25) is 0 Å². The highest BCUT2D eigenvalue weighted by atomic mass is 16.4. The third kappa shape index (κ3) is 1.46. The Balaban J connectivity index is 2.22. The summed E-state index contributed by atoms with van der Waals surface area (Å²) in [6, 6.07) is 16.1. The molecule has 3 aromatic rings. The lowest BCUT2D eigenvalue weighted by Gasteiger charge is -2.19. The summed E-state index contributed by atoms with van der Waals surface area (Å²) in [5, 5.41) is 1.03. The Kier molecular flexibility index (Phi) is 2.12. The maximum absolute atomic E-state index is 12.1. The molecule has 0 bridgehead atoms. The summed E-state index contributed by atoms with van der Waals surface area (Å²) < 4.78 is 5.42. The minimum Gasteiger partial charge on any atom is -0.422 e. The second-order valence-corrected chi connectivity index (χ2v) is 4.90. The lowest BCUT2D eigenvalue weighted by molar-refractivity contribution is 0.549. The van der Waals surface area contributed by atoms with Crippen LogP contribution in [0, 0.1) is 0 Å². The molecule has 0 atom stereocenters. The Hall–Kier alpha value is -2.35. The number of para-hydroxylation sites is 1. The summed E-state index contributed by atoms with van der Waals surface area (Å²) in [5.41, 5.74) is 4.84. The Morgan fingerprint density at radius 1 is 0.895 bits per heavy atom. The van der Waals surface area contributed by atoms with Crippen LogP contribution in [-0.2, 0) is 12.8 Å². The monoisotopic (exact) mass is 248 g/mol. The molecule has 1 heterocycles. The Bertz CT molecular complexity index is 843. The zero-order valence-electron chi connectivity index (χ0n) is 10.3. The molecular formula is C17H12O2. The van der Waals surface area contributed by atoms with E-state index in [-0.39, 0.29) is 5.63 Å². The number of rotatable bonds is 0. The summed E-state index contributed by atoms with van der Waals surface area (Å²) in [6.45, 7) is 0. The first kappa shape index (κ1) is 10.6. The second-order valence-electron chi connectivity index (χ2n) is 4.90. The van der Waals surface area contributed by atoms with Crippen LogP contribution >= 0.6 is 0 Å². The van der Waals surface area contributed by atoms with E-state index in [4.69, 9.17) is 4.42 Å². The van der Waals surface area contributed by atoms with Gasteiger partial charge in [0.15, 0.2) is 0 Å². The van der Waals surface area contributed by atoms with E-state index in [0.717, 1.165) is 29.4 Å². The molecule has 0 spiro atoms. The Morgan fingerprint density at radius 3 is 2.63 bits per heavy atom. The van der Waals surface area contributed by atoms with Crippen molar-refractivity contribution in [2.45, 2.75) is 12.8 Å². The van der Waals surface area contributed by atoms with Gasteiger partial charge in [0.1, 0.15) is 5.58 Å². The molecule has 0 unspecified atom stereocenters. The highest BCUT2D eigenvalue weighted by Gasteiger charge is 2.21. The molecule has 0 radical (unpaired) electrons. The van der Waals surface area contributed by atoms with Crippen molar-refractivity contribution in [3.63, 3.8) is 0 Å². The van der Waals surface area contributed by atoms with E-state index in [1.54, 1.807) is 0 Å². The summed E-state index contributed by atoms with van der Waals surface area (Å²) in [5.74, 6) is 0. The molecule has 0 saturated heterocycles. The molecule has 2 heteroatoms. The highest BCUT2D eigenvalue weighted by molar-refractivity contribution is 5.96. The fourth-order valence-corrected chi connectivity index (χ4v) is 2.96. The van der Waals surface area contributed by atoms with E-state index >= 15 is 0 Å². The fourth-order valence-electron chi connectivity index (χ4n) is 2.96. The molecular weight excluding hydrogens is 236 g/mol. The number of hydrogen-bond acceptors (Lipinski definition) is 2. The standard InChI is InChI=1S/C17H12O2/c18-17-14-10-9-11-5-1-2-6-12(11)16(14)13-7-3-4-8-15(13)19-17/h1-8H,9-10H2. The van der Waals surface area contributed by atoms with E-state index in [0.29, 0.717) is 5.58 Å². The molecule has 0 saturated carbocycles. The molecule has 2 nitrogen and oxygen atoms in total. The molecule has 0 aliphatic heterocycles. The van der Waals surface area contributed by atoms with Crippen LogP contribution in [0.15, 0.2) is 57.7 Å². The first-order chi connectivity index (χ1) is 9.34. The van der Waals surface area contributed by atoms with Crippen molar-refractivity contribution >= 4 is 11.0 Å². The predicted molar refractivity (Wildman–Crippen MR) is 75.3 cm³/mol. The lowest BCUT2D eigenvalue weighted by Crippen LogP contribution is -2.15. The maximum atomic E-state index is 12.1. The normalized spacial score (nSPS) is 13.1. The molecule has 2 aromatic carbocycles. The first-order valence-electron chi connectivity index (χ1n) is 6.47. The number of benzene rings is 2. The van der Waals surface area contributed by atoms with Crippen molar-refractivity contribution in [3.05, 3.63) is 70.1 Å². The molecule has 0 amide bonds. The quantitative estimate of drug-likeness (QED) is 0.569. The van der Waals surface area contributed by atoms with Gasteiger partial charge in [0.05, 0.1) is 0 Å². The molecule has 19 heavy (non-hydrogen) atoms. The van der Waals surface area contributed by atoms with E-state index in [1.807, 2.05) is 30.3 Å². The van der Waals surface area contributed by atoms with Crippen LogP contribution in [-0.4, -0.2) is 0 Å². The minimum atomic E-state index is -0.191. The number of hydrogen-bond donors (Lipinski definition) is 0. The maximum Gasteiger partial charge on any atom is 0.340 e. The number of fused-ring (bicyclic) bond motifs is 5. The summed E-state index contributed by atoms with van der Waals surface area (Å²) in [7, 11) is 0. The Morgan fingerprint density at radius 2 is 1.68 bits per heavy atom. The van der Waals surface area contributed by atoms with Gasteiger partial charge in [-0.2, -0.15) is 0 Å². The third-order valence-corrected chi connectivity index (χ3v) is 3.84. The third-order valence-electron chi connectivity index (χ3n) is 3.84. The van der Waals surface area contributed by atoms with Crippen molar-refractivity contribution < 1.29 is 4.42 Å². The van der Waals surface area contributed by atoms with Gasteiger partial charge in [-0.05, 0) is 30.0 Å².